The number of hydrogen-bond acceptors (Lipinski definition) is 6. The van der Waals surface area contributed by atoms with Crippen molar-refractivity contribution in [3.05, 3.63) is 0 Å². The molecule has 0 heterocycles. The summed E-state index contributed by atoms with van der Waals surface area (Å²) in [4.78, 5) is 7.78. The van der Waals surface area contributed by atoms with Crippen molar-refractivity contribution in [3.8, 4) is 0 Å². The van der Waals surface area contributed by atoms with E-state index in [4.69, 9.17) is 15.3 Å². The van der Waals surface area contributed by atoms with E-state index in [1.54, 1.807) is 0 Å². The number of carbonyl (C=O) groups excluding carboxylic acids is 1. The van der Waals surface area contributed by atoms with E-state index in [1.165, 1.54) is 6.92 Å². The first-order valence-electron chi connectivity index (χ1n) is 3.28. The van der Waals surface area contributed by atoms with Gasteiger partial charge in [0.15, 0.2) is 11.2 Å². The van der Waals surface area contributed by atoms with E-state index in [1.807, 2.05) is 0 Å². The molecule has 0 saturated heterocycles. The summed E-state index contributed by atoms with van der Waals surface area (Å²) >= 11 is 3.51. The maximum Gasteiger partial charge on any atom is 0.162 e. The van der Waals surface area contributed by atoms with Crippen LogP contribution in [0.25, 0.3) is 0 Å². The molecule has 0 aliphatic heterocycles. The van der Waals surface area contributed by atoms with E-state index < -0.39 is 23.2 Å². The van der Waals surface area contributed by atoms with Crippen LogP contribution in [-0.4, -0.2) is 50.0 Å². The first-order valence-corrected chi connectivity index (χ1v) is 3.73. The van der Waals surface area contributed by atoms with Gasteiger partial charge in [0.25, 0.3) is 0 Å². The van der Waals surface area contributed by atoms with Crippen molar-refractivity contribution in [2.24, 2.45) is 0 Å². The molecule has 0 saturated carbocycles. The molecule has 0 bridgehead atoms. The van der Waals surface area contributed by atoms with Crippen LogP contribution in [0.4, 0.5) is 0 Å². The van der Waals surface area contributed by atoms with Crippen molar-refractivity contribution in [3.63, 3.8) is 0 Å². The summed E-state index contributed by atoms with van der Waals surface area (Å²) in [6.45, 7) is 1.17. The van der Waals surface area contributed by atoms with Crippen LogP contribution in [0, 0.1) is 0 Å². The average Bonchev–Trinajstić information content (AvgIpc) is 2.01. The topological polar surface area (TPSA) is 98.0 Å². The number of thiol groups is 1. The number of hydrogen-bond donors (Lipinski definition) is 5. The second-order valence-corrected chi connectivity index (χ2v) is 3.25. The first kappa shape index (κ1) is 11.9. The van der Waals surface area contributed by atoms with Crippen LogP contribution in [-0.2, 0) is 4.79 Å². The van der Waals surface area contributed by atoms with Crippen molar-refractivity contribution in [2.45, 2.75) is 30.2 Å². The molecular weight excluding hydrogens is 184 g/mol. The fourth-order valence-corrected chi connectivity index (χ4v) is 0.726. The fourth-order valence-electron chi connectivity index (χ4n) is 0.573. The Morgan fingerprint density at radius 2 is 1.83 bits per heavy atom. The van der Waals surface area contributed by atoms with Gasteiger partial charge in [0, 0.05) is 0 Å². The highest BCUT2D eigenvalue weighted by Gasteiger charge is 2.40. The molecule has 0 fully saturated rings. The Labute approximate surface area is 75.1 Å². The highest BCUT2D eigenvalue weighted by Crippen LogP contribution is 2.22. The molecule has 0 aromatic carbocycles. The highest BCUT2D eigenvalue weighted by molar-refractivity contribution is 7.81. The maximum atomic E-state index is 9.98. The van der Waals surface area contributed by atoms with Crippen molar-refractivity contribution in [1.82, 2.24) is 0 Å². The predicted octanol–water partition coefficient (Wildman–Crippen LogP) is -2.09. The van der Waals surface area contributed by atoms with Gasteiger partial charge in [-0.05, 0) is 6.92 Å². The van der Waals surface area contributed by atoms with Gasteiger partial charge in [-0.3, -0.25) is 0 Å². The number of aliphatic hydroxyl groups excluding tert-OH is 3. The van der Waals surface area contributed by atoms with Crippen LogP contribution in [0.5, 0.6) is 0 Å². The van der Waals surface area contributed by atoms with E-state index in [-0.39, 0.29) is 6.29 Å². The number of carbonyl (C=O) groups is 1. The molecule has 6 heteroatoms. The smallest absolute Gasteiger partial charge is 0.162 e. The summed E-state index contributed by atoms with van der Waals surface area (Å²) in [5.41, 5.74) is 0. The average molecular weight is 196 g/mol. The van der Waals surface area contributed by atoms with Crippen LogP contribution < -0.4 is 0 Å². The van der Waals surface area contributed by atoms with Crippen LogP contribution in [0.1, 0.15) is 6.92 Å². The van der Waals surface area contributed by atoms with Gasteiger partial charge in [0.1, 0.15) is 12.2 Å². The van der Waals surface area contributed by atoms with Gasteiger partial charge in [-0.15, -0.1) is 12.6 Å². The van der Waals surface area contributed by atoms with Gasteiger partial charge in [-0.25, -0.2) is 0 Å². The third-order valence-electron chi connectivity index (χ3n) is 1.51. The van der Waals surface area contributed by atoms with Gasteiger partial charge in [-0.1, -0.05) is 0 Å². The van der Waals surface area contributed by atoms with Crippen LogP contribution >= 0.6 is 12.6 Å². The van der Waals surface area contributed by atoms with Gasteiger partial charge >= 0.3 is 0 Å². The van der Waals surface area contributed by atoms with E-state index in [0.29, 0.717) is 0 Å². The van der Waals surface area contributed by atoms with E-state index in [2.05, 4.69) is 12.6 Å². The Morgan fingerprint density at radius 3 is 2.08 bits per heavy atom. The largest absolute Gasteiger partial charge is 0.389 e. The molecule has 0 spiro atoms. The Bertz CT molecular complexity index is 158. The molecule has 0 radical (unpaired) electrons. The van der Waals surface area contributed by atoms with Crippen LogP contribution in [0.15, 0.2) is 0 Å². The van der Waals surface area contributed by atoms with Crippen LogP contribution in [0.3, 0.4) is 0 Å². The molecule has 0 aromatic rings. The molecule has 0 aliphatic carbocycles. The van der Waals surface area contributed by atoms with Gasteiger partial charge in [0.05, 0.1) is 6.10 Å². The zero-order valence-corrected chi connectivity index (χ0v) is 7.35. The number of aldehydes is 1. The number of aliphatic hydroxyl groups is 4. The maximum absolute atomic E-state index is 9.98. The minimum atomic E-state index is -2.19. The zero-order valence-electron chi connectivity index (χ0n) is 6.45. The molecule has 72 valence electrons. The second-order valence-electron chi connectivity index (χ2n) is 2.53. The summed E-state index contributed by atoms with van der Waals surface area (Å²) in [5.74, 6) is 0. The fraction of sp³-hybridized carbons (Fsp3) is 0.833. The Balaban J connectivity index is 4.44. The first-order chi connectivity index (χ1) is 5.34. The van der Waals surface area contributed by atoms with E-state index in [0.717, 1.165) is 0 Å². The van der Waals surface area contributed by atoms with Crippen molar-refractivity contribution in [2.75, 3.05) is 0 Å². The summed E-state index contributed by atoms with van der Waals surface area (Å²) in [6.07, 6.45) is -4.90. The molecule has 0 aromatic heterocycles. The summed E-state index contributed by atoms with van der Waals surface area (Å²) in [5, 5.41) is 35.9. The molecule has 4 N–H and O–H groups in total. The minimum Gasteiger partial charge on any atom is -0.389 e. The third kappa shape index (κ3) is 2.43. The lowest BCUT2D eigenvalue weighted by Gasteiger charge is -2.31. The number of rotatable bonds is 4. The Kier molecular flexibility index (Phi) is 4.15. The molecule has 0 rings (SSSR count). The molecule has 5 nitrogen and oxygen atoms in total. The summed E-state index contributed by atoms with van der Waals surface area (Å²) in [6, 6.07) is 0. The minimum absolute atomic E-state index is 0.0498. The molecule has 12 heavy (non-hydrogen) atoms. The lowest BCUT2D eigenvalue weighted by molar-refractivity contribution is -0.138. The van der Waals surface area contributed by atoms with E-state index in [9.17, 15) is 9.90 Å². The summed E-state index contributed by atoms with van der Waals surface area (Å²) < 4.78 is 0. The SMILES string of the molecule is C[C@H](O)[C@@](O)(S)[C@H](O)[C@H](O)C=O. The lowest BCUT2D eigenvalue weighted by atomic mass is 10.0. The highest BCUT2D eigenvalue weighted by atomic mass is 32.1. The van der Waals surface area contributed by atoms with Gasteiger partial charge in [-0.2, -0.15) is 0 Å². The standard InChI is InChI=1S/C6H12O5S/c1-3(8)6(11,12)5(10)4(9)2-7/h2-5,8-12H,1H3/t3-,4+,5+,6+/m0/s1. The van der Waals surface area contributed by atoms with E-state index >= 15 is 0 Å². The van der Waals surface area contributed by atoms with Gasteiger partial charge in [0.2, 0.25) is 0 Å². The summed E-state index contributed by atoms with van der Waals surface area (Å²) in [7, 11) is 0. The third-order valence-corrected chi connectivity index (χ3v) is 2.15. The van der Waals surface area contributed by atoms with Gasteiger partial charge < -0.3 is 25.2 Å². The Morgan fingerprint density at radius 1 is 1.42 bits per heavy atom. The normalized spacial score (nSPS) is 23.8. The quantitative estimate of drug-likeness (QED) is 0.202. The lowest BCUT2D eigenvalue weighted by Crippen LogP contribution is -2.52. The van der Waals surface area contributed by atoms with Crippen LogP contribution in [0.2, 0.25) is 0 Å². The van der Waals surface area contributed by atoms with Crippen molar-refractivity contribution >= 4 is 18.9 Å². The monoisotopic (exact) mass is 196 g/mol. The van der Waals surface area contributed by atoms with Crippen molar-refractivity contribution < 1.29 is 25.2 Å². The predicted molar refractivity (Wildman–Crippen MR) is 43.7 cm³/mol. The van der Waals surface area contributed by atoms with Crippen molar-refractivity contribution in [1.29, 1.82) is 0 Å². The zero-order chi connectivity index (χ0) is 9.94. The molecule has 4 atom stereocenters. The second kappa shape index (κ2) is 4.20. The molecule has 0 aliphatic rings. The Hall–Kier alpha value is -0.140. The molecule has 0 unspecified atom stereocenters. The molecular formula is C6H12O5S. The molecule has 0 amide bonds.